The Morgan fingerprint density at radius 3 is 2.47 bits per heavy atom. The predicted octanol–water partition coefficient (Wildman–Crippen LogP) is 3.50. The third kappa shape index (κ3) is 3.23. The highest BCUT2D eigenvalue weighted by atomic mass is 35.5. The third-order valence-electron chi connectivity index (χ3n) is 3.43. The van der Waals surface area contributed by atoms with Crippen molar-refractivity contribution in [1.29, 1.82) is 0 Å². The maximum atomic E-state index is 6.28. The maximum absolute atomic E-state index is 6.28. The molecule has 0 spiro atoms. The average molecular weight is 258 g/mol. The molecule has 0 saturated carbocycles. The molecule has 1 heterocycles. The third-order valence-corrected chi connectivity index (χ3v) is 3.72. The van der Waals surface area contributed by atoms with Gasteiger partial charge in [0.25, 0.3) is 0 Å². The van der Waals surface area contributed by atoms with E-state index in [4.69, 9.17) is 11.6 Å². The van der Waals surface area contributed by atoms with E-state index in [0.717, 1.165) is 23.8 Å². The number of hydrogen-bond donors (Lipinski definition) is 1. The van der Waals surface area contributed by atoms with Crippen molar-refractivity contribution in [2.24, 2.45) is 11.8 Å². The van der Waals surface area contributed by atoms with Gasteiger partial charge in [0.1, 0.15) is 0 Å². The van der Waals surface area contributed by atoms with Crippen LogP contribution in [0.5, 0.6) is 0 Å². The van der Waals surface area contributed by atoms with Gasteiger partial charge in [-0.3, -0.25) is 4.68 Å². The lowest BCUT2D eigenvalue weighted by molar-refractivity contribution is 0.293. The van der Waals surface area contributed by atoms with Crippen LogP contribution in [0.25, 0.3) is 0 Å². The van der Waals surface area contributed by atoms with E-state index in [-0.39, 0.29) is 6.04 Å². The van der Waals surface area contributed by atoms with E-state index in [1.807, 2.05) is 4.68 Å². The molecule has 2 unspecified atom stereocenters. The van der Waals surface area contributed by atoms with Gasteiger partial charge in [0.05, 0.1) is 23.0 Å². The summed E-state index contributed by atoms with van der Waals surface area (Å²) in [7, 11) is 0. The van der Waals surface area contributed by atoms with Gasteiger partial charge in [-0.15, -0.1) is 0 Å². The lowest BCUT2D eigenvalue weighted by atomic mass is 9.88. The minimum absolute atomic E-state index is 0.273. The number of nitrogens with one attached hydrogen (secondary N) is 1. The van der Waals surface area contributed by atoms with E-state index in [0.29, 0.717) is 11.8 Å². The molecule has 17 heavy (non-hydrogen) atoms. The molecule has 1 aromatic heterocycles. The number of halogens is 1. The SMILES string of the molecule is CCNC(c1c(Cl)cnn1CC)C(C)C(C)C. The van der Waals surface area contributed by atoms with Crippen molar-refractivity contribution < 1.29 is 0 Å². The van der Waals surface area contributed by atoms with Gasteiger partial charge in [-0.2, -0.15) is 5.10 Å². The summed E-state index contributed by atoms with van der Waals surface area (Å²) in [5.41, 5.74) is 1.12. The standard InChI is InChI=1S/C13H24ClN3/c1-6-15-12(10(5)9(3)4)13-11(14)8-16-17(13)7-2/h8-10,12,15H,6-7H2,1-5H3. The Morgan fingerprint density at radius 1 is 1.35 bits per heavy atom. The van der Waals surface area contributed by atoms with E-state index in [2.05, 4.69) is 45.0 Å². The first-order chi connectivity index (χ1) is 8.02. The average Bonchev–Trinajstić information content (AvgIpc) is 2.66. The second-order valence-corrected chi connectivity index (χ2v) is 5.24. The van der Waals surface area contributed by atoms with Crippen molar-refractivity contribution in [1.82, 2.24) is 15.1 Å². The highest BCUT2D eigenvalue weighted by molar-refractivity contribution is 6.31. The van der Waals surface area contributed by atoms with Crippen LogP contribution < -0.4 is 5.32 Å². The highest BCUT2D eigenvalue weighted by Crippen LogP contribution is 2.32. The van der Waals surface area contributed by atoms with Crippen LogP contribution in [-0.4, -0.2) is 16.3 Å². The molecular formula is C13H24ClN3. The Bertz CT molecular complexity index is 346. The molecule has 4 heteroatoms. The number of hydrogen-bond acceptors (Lipinski definition) is 2. The topological polar surface area (TPSA) is 29.9 Å². The first-order valence-corrected chi connectivity index (χ1v) is 6.85. The molecule has 0 bridgehead atoms. The molecule has 98 valence electrons. The van der Waals surface area contributed by atoms with E-state index < -0.39 is 0 Å². The van der Waals surface area contributed by atoms with Gasteiger partial charge in [0.2, 0.25) is 0 Å². The number of rotatable bonds is 6. The van der Waals surface area contributed by atoms with Crippen LogP contribution in [0.3, 0.4) is 0 Å². The number of nitrogens with zero attached hydrogens (tertiary/aromatic N) is 2. The molecule has 0 radical (unpaired) electrons. The van der Waals surface area contributed by atoms with Crippen LogP contribution in [0.1, 0.15) is 46.4 Å². The summed E-state index contributed by atoms with van der Waals surface area (Å²) in [4.78, 5) is 0. The Hall–Kier alpha value is -0.540. The zero-order valence-corrected chi connectivity index (χ0v) is 12.3. The molecular weight excluding hydrogens is 234 g/mol. The zero-order chi connectivity index (χ0) is 13.0. The quantitative estimate of drug-likeness (QED) is 0.845. The van der Waals surface area contributed by atoms with Crippen LogP contribution in [0, 0.1) is 11.8 Å². The van der Waals surface area contributed by atoms with Crippen LogP contribution >= 0.6 is 11.6 Å². The second kappa shape index (κ2) is 6.41. The molecule has 0 amide bonds. The van der Waals surface area contributed by atoms with E-state index in [9.17, 15) is 0 Å². The minimum Gasteiger partial charge on any atom is -0.309 e. The predicted molar refractivity (Wildman–Crippen MR) is 73.3 cm³/mol. The van der Waals surface area contributed by atoms with Crippen molar-refractivity contribution in [2.45, 2.75) is 47.2 Å². The van der Waals surface area contributed by atoms with E-state index in [1.54, 1.807) is 6.20 Å². The zero-order valence-electron chi connectivity index (χ0n) is 11.5. The minimum atomic E-state index is 0.273. The molecule has 0 aliphatic heterocycles. The van der Waals surface area contributed by atoms with Crippen molar-refractivity contribution in [3.63, 3.8) is 0 Å². The Kier molecular flexibility index (Phi) is 5.47. The van der Waals surface area contributed by atoms with Crippen molar-refractivity contribution in [3.8, 4) is 0 Å². The lowest BCUT2D eigenvalue weighted by Gasteiger charge is -2.28. The van der Waals surface area contributed by atoms with Gasteiger partial charge < -0.3 is 5.32 Å². The largest absolute Gasteiger partial charge is 0.309 e. The van der Waals surface area contributed by atoms with E-state index in [1.165, 1.54) is 0 Å². The molecule has 0 aliphatic rings. The highest BCUT2D eigenvalue weighted by Gasteiger charge is 2.26. The summed E-state index contributed by atoms with van der Waals surface area (Å²) < 4.78 is 1.99. The Labute approximate surface area is 110 Å². The van der Waals surface area contributed by atoms with Gasteiger partial charge in [0.15, 0.2) is 0 Å². The molecule has 0 aliphatic carbocycles. The van der Waals surface area contributed by atoms with Crippen LogP contribution in [0.4, 0.5) is 0 Å². The molecule has 0 fully saturated rings. The van der Waals surface area contributed by atoms with Gasteiger partial charge in [0, 0.05) is 6.54 Å². The van der Waals surface area contributed by atoms with Crippen LogP contribution in [0.2, 0.25) is 5.02 Å². The fraction of sp³-hybridized carbons (Fsp3) is 0.769. The smallest absolute Gasteiger partial charge is 0.0834 e. The number of aryl methyl sites for hydroxylation is 1. The van der Waals surface area contributed by atoms with Crippen molar-refractivity contribution in [2.75, 3.05) is 6.54 Å². The summed E-state index contributed by atoms with van der Waals surface area (Å²) >= 11 is 6.28. The lowest BCUT2D eigenvalue weighted by Crippen LogP contribution is -2.31. The maximum Gasteiger partial charge on any atom is 0.0834 e. The van der Waals surface area contributed by atoms with Crippen molar-refractivity contribution in [3.05, 3.63) is 16.9 Å². The molecule has 0 saturated heterocycles. The normalized spacial score (nSPS) is 15.2. The summed E-state index contributed by atoms with van der Waals surface area (Å²) in [5.74, 6) is 1.13. The Balaban J connectivity index is 3.08. The van der Waals surface area contributed by atoms with Gasteiger partial charge in [-0.05, 0) is 25.3 Å². The molecule has 2 atom stereocenters. The summed E-state index contributed by atoms with van der Waals surface area (Å²) in [6.07, 6.45) is 1.75. The monoisotopic (exact) mass is 257 g/mol. The molecule has 1 N–H and O–H groups in total. The van der Waals surface area contributed by atoms with Crippen LogP contribution in [-0.2, 0) is 6.54 Å². The van der Waals surface area contributed by atoms with Gasteiger partial charge in [-0.1, -0.05) is 39.3 Å². The molecule has 1 rings (SSSR count). The summed E-state index contributed by atoms with van der Waals surface area (Å²) in [6, 6.07) is 0.273. The van der Waals surface area contributed by atoms with Gasteiger partial charge >= 0.3 is 0 Å². The first kappa shape index (κ1) is 14.5. The molecule has 1 aromatic rings. The summed E-state index contributed by atoms with van der Waals surface area (Å²) in [5, 5.41) is 8.63. The fourth-order valence-electron chi connectivity index (χ4n) is 2.07. The van der Waals surface area contributed by atoms with Crippen molar-refractivity contribution >= 4 is 11.6 Å². The van der Waals surface area contributed by atoms with Crippen LogP contribution in [0.15, 0.2) is 6.20 Å². The van der Waals surface area contributed by atoms with Gasteiger partial charge in [-0.25, -0.2) is 0 Å². The molecule has 0 aromatic carbocycles. The fourth-order valence-corrected chi connectivity index (χ4v) is 2.33. The first-order valence-electron chi connectivity index (χ1n) is 6.47. The Morgan fingerprint density at radius 2 is 2.00 bits per heavy atom. The van der Waals surface area contributed by atoms with E-state index >= 15 is 0 Å². The summed E-state index contributed by atoms with van der Waals surface area (Å²) in [6.45, 7) is 12.8. The number of aromatic nitrogens is 2. The second-order valence-electron chi connectivity index (χ2n) is 4.83. The molecule has 3 nitrogen and oxygen atoms in total.